The lowest BCUT2D eigenvalue weighted by Gasteiger charge is -2.36. The van der Waals surface area contributed by atoms with Gasteiger partial charge >= 0.3 is 0 Å². The zero-order valence-electron chi connectivity index (χ0n) is 17.5. The molecule has 164 valence electrons. The van der Waals surface area contributed by atoms with Gasteiger partial charge < -0.3 is 14.7 Å². The Morgan fingerprint density at radius 3 is 2.67 bits per heavy atom. The van der Waals surface area contributed by atoms with Crippen molar-refractivity contribution in [1.29, 1.82) is 0 Å². The highest BCUT2D eigenvalue weighted by Gasteiger charge is 2.25. The fourth-order valence-corrected chi connectivity index (χ4v) is 4.79. The minimum atomic E-state index is -0.488. The molecule has 4 rings (SSSR count). The summed E-state index contributed by atoms with van der Waals surface area (Å²) >= 11 is 5.94. The van der Waals surface area contributed by atoms with E-state index in [1.807, 2.05) is 6.92 Å². The van der Waals surface area contributed by atoms with Gasteiger partial charge in [-0.1, -0.05) is 23.7 Å². The van der Waals surface area contributed by atoms with E-state index in [9.17, 15) is 9.18 Å². The van der Waals surface area contributed by atoms with Crippen molar-refractivity contribution < 1.29 is 13.7 Å². The minimum Gasteiger partial charge on any atom is -0.354 e. The number of hydrogen-bond acceptors (Lipinski definition) is 5. The Morgan fingerprint density at radius 2 is 1.97 bits per heavy atom. The second kappa shape index (κ2) is 9.52. The third-order valence-corrected chi connectivity index (χ3v) is 6.84. The standard InChI is InChI=1S/C22H30ClFN4O2/c1-2-21(29)25-16-5-3-15(4-6-16)7-8-27-9-11-28(12-10-27)22-17-13-18(23)19(24)14-20(17)30-26-22/h13-16H,2-12H2,1H3,(H,25,29)/t15-,16-. The number of anilines is 1. The molecule has 1 saturated heterocycles. The van der Waals surface area contributed by atoms with Crippen LogP contribution in [0.2, 0.25) is 5.02 Å². The quantitative estimate of drug-likeness (QED) is 0.734. The van der Waals surface area contributed by atoms with Crippen LogP contribution in [-0.4, -0.2) is 54.7 Å². The minimum absolute atomic E-state index is 0.0922. The van der Waals surface area contributed by atoms with Crippen LogP contribution < -0.4 is 10.2 Å². The molecule has 0 bridgehead atoms. The van der Waals surface area contributed by atoms with E-state index in [1.165, 1.54) is 25.3 Å². The van der Waals surface area contributed by atoms with E-state index in [1.54, 1.807) is 6.07 Å². The van der Waals surface area contributed by atoms with E-state index in [-0.39, 0.29) is 10.9 Å². The molecule has 2 aromatic rings. The molecule has 2 heterocycles. The molecular formula is C22H30ClFN4O2. The highest BCUT2D eigenvalue weighted by molar-refractivity contribution is 6.31. The van der Waals surface area contributed by atoms with E-state index < -0.39 is 5.82 Å². The first kappa shape index (κ1) is 21.4. The van der Waals surface area contributed by atoms with Gasteiger partial charge in [0, 0.05) is 44.7 Å². The molecule has 8 heteroatoms. The van der Waals surface area contributed by atoms with Gasteiger partial charge in [-0.2, -0.15) is 0 Å². The zero-order chi connectivity index (χ0) is 21.1. The Kier molecular flexibility index (Phi) is 6.78. The molecule has 6 nitrogen and oxygen atoms in total. The van der Waals surface area contributed by atoms with Crippen LogP contribution in [0.1, 0.15) is 45.4 Å². The number of carbonyl (C=O) groups is 1. The zero-order valence-corrected chi connectivity index (χ0v) is 18.3. The van der Waals surface area contributed by atoms with Crippen LogP contribution in [0.3, 0.4) is 0 Å². The second-order valence-electron chi connectivity index (χ2n) is 8.52. The van der Waals surface area contributed by atoms with Gasteiger partial charge in [0.05, 0.1) is 10.4 Å². The summed E-state index contributed by atoms with van der Waals surface area (Å²) in [4.78, 5) is 16.3. The Bertz CT molecular complexity index is 873. The predicted molar refractivity (Wildman–Crippen MR) is 116 cm³/mol. The summed E-state index contributed by atoms with van der Waals surface area (Å²) in [5.74, 6) is 1.19. The van der Waals surface area contributed by atoms with Gasteiger partial charge in [0.25, 0.3) is 0 Å². The molecular weight excluding hydrogens is 407 g/mol. The largest absolute Gasteiger partial charge is 0.354 e. The monoisotopic (exact) mass is 436 g/mol. The van der Waals surface area contributed by atoms with Crippen LogP contribution in [0.15, 0.2) is 16.7 Å². The van der Waals surface area contributed by atoms with E-state index in [2.05, 4.69) is 20.3 Å². The summed E-state index contributed by atoms with van der Waals surface area (Å²) in [7, 11) is 0. The van der Waals surface area contributed by atoms with E-state index >= 15 is 0 Å². The van der Waals surface area contributed by atoms with Gasteiger partial charge in [-0.25, -0.2) is 4.39 Å². The van der Waals surface area contributed by atoms with Gasteiger partial charge in [0.2, 0.25) is 5.91 Å². The van der Waals surface area contributed by atoms with Crippen LogP contribution in [0, 0.1) is 11.7 Å². The molecule has 1 aliphatic heterocycles. The Morgan fingerprint density at radius 1 is 1.23 bits per heavy atom. The van der Waals surface area contributed by atoms with Gasteiger partial charge in [0.15, 0.2) is 11.4 Å². The molecule has 2 aliphatic rings. The molecule has 1 aromatic carbocycles. The lowest BCUT2D eigenvalue weighted by atomic mass is 9.84. The number of aromatic nitrogens is 1. The number of nitrogens with zero attached hydrogens (tertiary/aromatic N) is 3. The number of fused-ring (bicyclic) bond motifs is 1. The number of hydrogen-bond donors (Lipinski definition) is 1. The maximum atomic E-state index is 13.6. The first-order chi connectivity index (χ1) is 14.5. The van der Waals surface area contributed by atoms with E-state index in [0.29, 0.717) is 18.0 Å². The topological polar surface area (TPSA) is 61.6 Å². The Hall–Kier alpha value is -1.86. The van der Waals surface area contributed by atoms with Crippen molar-refractivity contribution in [3.05, 3.63) is 23.0 Å². The van der Waals surface area contributed by atoms with Crippen molar-refractivity contribution in [3.8, 4) is 0 Å². The summed E-state index contributed by atoms with van der Waals surface area (Å²) in [6.07, 6.45) is 6.41. The molecule has 0 spiro atoms. The fourth-order valence-electron chi connectivity index (χ4n) is 4.62. The molecule has 0 radical (unpaired) electrons. The summed E-state index contributed by atoms with van der Waals surface area (Å²) < 4.78 is 18.9. The molecule has 1 aromatic heterocycles. The molecule has 1 amide bonds. The highest BCUT2D eigenvalue weighted by atomic mass is 35.5. The van der Waals surface area contributed by atoms with Gasteiger partial charge in [-0.05, 0) is 50.6 Å². The lowest BCUT2D eigenvalue weighted by Crippen LogP contribution is -2.47. The van der Waals surface area contributed by atoms with Gasteiger partial charge in [-0.15, -0.1) is 0 Å². The van der Waals surface area contributed by atoms with Crippen LogP contribution in [-0.2, 0) is 4.79 Å². The van der Waals surface area contributed by atoms with Gasteiger partial charge in [0.1, 0.15) is 5.82 Å². The van der Waals surface area contributed by atoms with Crippen LogP contribution in [0.4, 0.5) is 10.2 Å². The van der Waals surface area contributed by atoms with Crippen LogP contribution >= 0.6 is 11.6 Å². The molecule has 0 atom stereocenters. The van der Waals surface area contributed by atoms with Crippen LogP contribution in [0.25, 0.3) is 11.0 Å². The molecule has 2 fully saturated rings. The number of rotatable bonds is 6. The SMILES string of the molecule is CCC(=O)N[C@H]1CC[C@H](CCN2CCN(c3noc4cc(F)c(Cl)cc34)CC2)CC1. The van der Waals surface area contributed by atoms with Crippen molar-refractivity contribution in [2.45, 2.75) is 51.5 Å². The third-order valence-electron chi connectivity index (χ3n) is 6.55. The van der Waals surface area contributed by atoms with Crippen molar-refractivity contribution in [1.82, 2.24) is 15.4 Å². The fraction of sp³-hybridized carbons (Fsp3) is 0.636. The average molecular weight is 437 g/mol. The lowest BCUT2D eigenvalue weighted by molar-refractivity contribution is -0.121. The normalized spacial score (nSPS) is 23.1. The molecule has 1 aliphatic carbocycles. The van der Waals surface area contributed by atoms with E-state index in [0.717, 1.165) is 62.7 Å². The van der Waals surface area contributed by atoms with Gasteiger partial charge in [-0.3, -0.25) is 9.69 Å². The number of benzene rings is 1. The van der Waals surface area contributed by atoms with Crippen LogP contribution in [0.5, 0.6) is 0 Å². The molecule has 1 N–H and O–H groups in total. The van der Waals surface area contributed by atoms with Crippen molar-refractivity contribution >= 4 is 34.3 Å². The first-order valence-electron chi connectivity index (χ1n) is 11.0. The summed E-state index contributed by atoms with van der Waals surface area (Å²) in [6.45, 7) is 6.71. The number of amides is 1. The maximum Gasteiger partial charge on any atom is 0.219 e. The van der Waals surface area contributed by atoms with Crippen molar-refractivity contribution in [2.75, 3.05) is 37.6 Å². The first-order valence-corrected chi connectivity index (χ1v) is 11.4. The van der Waals surface area contributed by atoms with Crippen molar-refractivity contribution in [3.63, 3.8) is 0 Å². The number of halogens is 2. The maximum absolute atomic E-state index is 13.6. The van der Waals surface area contributed by atoms with E-state index in [4.69, 9.17) is 16.1 Å². The Balaban J connectivity index is 1.22. The number of nitrogens with one attached hydrogen (secondary N) is 1. The smallest absolute Gasteiger partial charge is 0.219 e. The number of carbonyl (C=O) groups excluding carboxylic acids is 1. The predicted octanol–water partition coefficient (Wildman–Crippen LogP) is 4.22. The molecule has 0 unspecified atom stereocenters. The molecule has 1 saturated carbocycles. The average Bonchev–Trinajstić information content (AvgIpc) is 3.16. The summed E-state index contributed by atoms with van der Waals surface area (Å²) in [5, 5.41) is 8.15. The third kappa shape index (κ3) is 4.89. The number of piperazine rings is 1. The summed E-state index contributed by atoms with van der Waals surface area (Å²) in [6, 6.07) is 3.27. The molecule has 30 heavy (non-hydrogen) atoms. The summed E-state index contributed by atoms with van der Waals surface area (Å²) in [5.41, 5.74) is 0.431. The highest BCUT2D eigenvalue weighted by Crippen LogP contribution is 2.31. The Labute approximate surface area is 181 Å². The van der Waals surface area contributed by atoms with Crippen molar-refractivity contribution in [2.24, 2.45) is 5.92 Å². The second-order valence-corrected chi connectivity index (χ2v) is 8.93.